The van der Waals surface area contributed by atoms with Gasteiger partial charge in [0.15, 0.2) is 18.1 Å². The van der Waals surface area contributed by atoms with E-state index in [2.05, 4.69) is 10.6 Å². The Labute approximate surface area is 228 Å². The predicted octanol–water partition coefficient (Wildman–Crippen LogP) is 6.54. The number of anilines is 2. The maximum atomic E-state index is 12.8. The summed E-state index contributed by atoms with van der Waals surface area (Å²) in [4.78, 5) is 25.4. The quantitative estimate of drug-likeness (QED) is 0.241. The molecule has 8 heteroatoms. The van der Waals surface area contributed by atoms with E-state index in [1.54, 1.807) is 25.1 Å². The fourth-order valence-corrected chi connectivity index (χ4v) is 3.93. The Balaban J connectivity index is 1.80. The van der Waals surface area contributed by atoms with E-state index in [1.165, 1.54) is 6.08 Å². The Hall–Kier alpha value is -4.28. The van der Waals surface area contributed by atoms with E-state index in [1.807, 2.05) is 64.1 Å². The van der Waals surface area contributed by atoms with Crippen LogP contribution in [-0.4, -0.2) is 25.0 Å². The molecule has 0 bridgehead atoms. The van der Waals surface area contributed by atoms with Crippen molar-refractivity contribution in [3.63, 3.8) is 0 Å². The largest absolute Gasteiger partial charge is 0.490 e. The molecule has 0 saturated heterocycles. The van der Waals surface area contributed by atoms with Crippen molar-refractivity contribution < 1.29 is 19.1 Å². The summed E-state index contributed by atoms with van der Waals surface area (Å²) in [6, 6.07) is 16.4. The normalized spacial score (nSPS) is 10.9. The molecule has 0 heterocycles. The highest BCUT2D eigenvalue weighted by molar-refractivity contribution is 6.32. The summed E-state index contributed by atoms with van der Waals surface area (Å²) < 4.78 is 11.4. The lowest BCUT2D eigenvalue weighted by Crippen LogP contribution is -2.21. The van der Waals surface area contributed by atoms with Crippen LogP contribution < -0.4 is 20.1 Å². The molecule has 0 radical (unpaired) electrons. The summed E-state index contributed by atoms with van der Waals surface area (Å²) in [5.41, 5.74) is 5.61. The fourth-order valence-electron chi connectivity index (χ4n) is 3.66. The first-order valence-electron chi connectivity index (χ1n) is 12.1. The first-order chi connectivity index (χ1) is 18.1. The lowest BCUT2D eigenvalue weighted by molar-refractivity contribution is -0.118. The highest BCUT2D eigenvalue weighted by Gasteiger charge is 2.17. The minimum absolute atomic E-state index is 0.106. The van der Waals surface area contributed by atoms with Gasteiger partial charge in [-0.2, -0.15) is 5.26 Å². The molecule has 0 unspecified atom stereocenters. The Bertz CT molecular complexity index is 1440. The zero-order chi connectivity index (χ0) is 27.8. The van der Waals surface area contributed by atoms with Crippen LogP contribution in [-0.2, 0) is 9.59 Å². The van der Waals surface area contributed by atoms with Crippen molar-refractivity contribution in [3.05, 3.63) is 86.9 Å². The second-order valence-corrected chi connectivity index (χ2v) is 9.20. The van der Waals surface area contributed by atoms with E-state index in [4.69, 9.17) is 21.1 Å². The molecule has 0 spiro atoms. The molecule has 0 fully saturated rings. The second kappa shape index (κ2) is 12.8. The van der Waals surface area contributed by atoms with Gasteiger partial charge in [0.1, 0.15) is 11.6 Å². The maximum absolute atomic E-state index is 12.8. The van der Waals surface area contributed by atoms with Crippen LogP contribution >= 0.6 is 11.6 Å². The molecule has 196 valence electrons. The topological polar surface area (TPSA) is 100 Å². The molecule has 0 aliphatic heterocycles. The minimum atomic E-state index is -0.543. The van der Waals surface area contributed by atoms with Gasteiger partial charge in [0.05, 0.1) is 11.6 Å². The number of amides is 2. The van der Waals surface area contributed by atoms with Crippen LogP contribution in [0.5, 0.6) is 11.5 Å². The number of benzene rings is 3. The zero-order valence-corrected chi connectivity index (χ0v) is 22.8. The number of carbonyl (C=O) groups excluding carboxylic acids is 2. The molecule has 2 N–H and O–H groups in total. The predicted molar refractivity (Wildman–Crippen MR) is 151 cm³/mol. The van der Waals surface area contributed by atoms with Gasteiger partial charge in [-0.05, 0) is 92.8 Å². The number of halogens is 1. The molecular weight excluding hydrogens is 502 g/mol. The third-order valence-electron chi connectivity index (χ3n) is 5.88. The van der Waals surface area contributed by atoms with E-state index < -0.39 is 5.91 Å². The molecule has 0 aliphatic carbocycles. The minimum Gasteiger partial charge on any atom is -0.490 e. The molecule has 3 rings (SSSR count). The van der Waals surface area contributed by atoms with E-state index in [9.17, 15) is 14.9 Å². The number of carbonyl (C=O) groups is 2. The average molecular weight is 532 g/mol. The lowest BCUT2D eigenvalue weighted by Gasteiger charge is -2.15. The van der Waals surface area contributed by atoms with Crippen molar-refractivity contribution in [2.75, 3.05) is 23.8 Å². The van der Waals surface area contributed by atoms with Crippen LogP contribution in [0.25, 0.3) is 6.08 Å². The zero-order valence-electron chi connectivity index (χ0n) is 22.1. The monoisotopic (exact) mass is 531 g/mol. The lowest BCUT2D eigenvalue weighted by atomic mass is 10.1. The van der Waals surface area contributed by atoms with Crippen molar-refractivity contribution in [3.8, 4) is 17.6 Å². The molecule has 0 atom stereocenters. The number of hydrogen-bond donors (Lipinski definition) is 2. The fraction of sp³-hybridized carbons (Fsp3) is 0.233. The Morgan fingerprint density at radius 3 is 2.45 bits per heavy atom. The third-order valence-corrected chi connectivity index (χ3v) is 6.16. The molecule has 7 nitrogen and oxygen atoms in total. The first-order valence-corrected chi connectivity index (χ1v) is 12.5. The van der Waals surface area contributed by atoms with Gasteiger partial charge in [-0.15, -0.1) is 0 Å². The summed E-state index contributed by atoms with van der Waals surface area (Å²) in [7, 11) is 0. The van der Waals surface area contributed by atoms with Gasteiger partial charge in [-0.3, -0.25) is 9.59 Å². The van der Waals surface area contributed by atoms with Crippen LogP contribution in [0, 0.1) is 39.0 Å². The Kier molecular flexibility index (Phi) is 9.53. The van der Waals surface area contributed by atoms with Gasteiger partial charge in [0.25, 0.3) is 11.8 Å². The van der Waals surface area contributed by atoms with Gasteiger partial charge >= 0.3 is 0 Å². The molecule has 0 saturated carbocycles. The summed E-state index contributed by atoms with van der Waals surface area (Å²) in [5.74, 6) is -0.409. The van der Waals surface area contributed by atoms with Gasteiger partial charge < -0.3 is 20.1 Å². The number of aryl methyl sites for hydroxylation is 3. The highest BCUT2D eigenvalue weighted by Crippen LogP contribution is 2.37. The Morgan fingerprint density at radius 1 is 0.974 bits per heavy atom. The first kappa shape index (κ1) is 28.3. The van der Waals surface area contributed by atoms with Crippen molar-refractivity contribution in [2.24, 2.45) is 0 Å². The number of nitrogens with zero attached hydrogens (tertiary/aromatic N) is 1. The number of ether oxygens (including phenoxy) is 2. The number of hydrogen-bond acceptors (Lipinski definition) is 5. The Morgan fingerprint density at radius 2 is 1.74 bits per heavy atom. The summed E-state index contributed by atoms with van der Waals surface area (Å²) in [6.07, 6.45) is 1.42. The summed E-state index contributed by atoms with van der Waals surface area (Å²) in [5, 5.41) is 15.4. The summed E-state index contributed by atoms with van der Waals surface area (Å²) in [6.45, 7) is 9.52. The average Bonchev–Trinajstić information content (AvgIpc) is 2.87. The van der Waals surface area contributed by atoms with Crippen LogP contribution in [0.15, 0.2) is 54.1 Å². The van der Waals surface area contributed by atoms with E-state index in [-0.39, 0.29) is 34.6 Å². The molecule has 38 heavy (non-hydrogen) atoms. The number of nitrogens with one attached hydrogen (secondary N) is 2. The van der Waals surface area contributed by atoms with E-state index in [0.29, 0.717) is 23.5 Å². The van der Waals surface area contributed by atoms with Gasteiger partial charge in [-0.1, -0.05) is 35.9 Å². The van der Waals surface area contributed by atoms with Crippen LogP contribution in [0.3, 0.4) is 0 Å². The van der Waals surface area contributed by atoms with Crippen LogP contribution in [0.4, 0.5) is 11.4 Å². The molecule has 3 aromatic rings. The molecule has 2 amide bonds. The smallest absolute Gasteiger partial charge is 0.266 e. The molecule has 0 aliphatic rings. The van der Waals surface area contributed by atoms with Crippen molar-refractivity contribution in [2.45, 2.75) is 34.6 Å². The van der Waals surface area contributed by atoms with E-state index >= 15 is 0 Å². The SMILES string of the molecule is CCOc1cc(/C=C(/C#N)C(=O)Nc2cccc(C)c2C)cc(Cl)c1OCC(=O)Nc1cc(C)ccc1C. The number of rotatable bonds is 9. The van der Waals surface area contributed by atoms with Crippen LogP contribution in [0.2, 0.25) is 5.02 Å². The highest BCUT2D eigenvalue weighted by atomic mass is 35.5. The van der Waals surface area contributed by atoms with Gasteiger partial charge in [0.2, 0.25) is 0 Å². The number of nitriles is 1. The molecule has 3 aromatic carbocycles. The van der Waals surface area contributed by atoms with Gasteiger partial charge in [-0.25, -0.2) is 0 Å². The summed E-state index contributed by atoms with van der Waals surface area (Å²) >= 11 is 6.48. The maximum Gasteiger partial charge on any atom is 0.266 e. The molecule has 0 aromatic heterocycles. The van der Waals surface area contributed by atoms with Crippen LogP contribution in [0.1, 0.15) is 34.7 Å². The second-order valence-electron chi connectivity index (χ2n) is 8.79. The van der Waals surface area contributed by atoms with Gasteiger partial charge in [0, 0.05) is 11.4 Å². The van der Waals surface area contributed by atoms with Crippen molar-refractivity contribution >= 4 is 40.9 Å². The third kappa shape index (κ3) is 7.15. The van der Waals surface area contributed by atoms with Crippen molar-refractivity contribution in [1.82, 2.24) is 0 Å². The van der Waals surface area contributed by atoms with E-state index in [0.717, 1.165) is 22.3 Å². The molecular formula is C30H30ClN3O4. The standard InChI is InChI=1S/C30H30ClN3O4/c1-6-37-27-15-22(13-23(16-32)30(36)34-25-9-7-8-19(3)21(25)5)14-24(31)29(27)38-17-28(35)33-26-12-18(2)10-11-20(26)4/h7-15H,6,17H2,1-5H3,(H,33,35)(H,34,36)/b23-13-. The van der Waals surface area contributed by atoms with Crippen molar-refractivity contribution in [1.29, 1.82) is 5.26 Å².